The second kappa shape index (κ2) is 6.79. The lowest BCUT2D eigenvalue weighted by atomic mass is 10.1. The van der Waals surface area contributed by atoms with Crippen LogP contribution in [0.2, 0.25) is 0 Å². The largest absolute Gasteiger partial charge is 0.366 e. The number of rotatable bonds is 4. The van der Waals surface area contributed by atoms with Gasteiger partial charge in [0.05, 0.1) is 5.39 Å². The van der Waals surface area contributed by atoms with Crippen LogP contribution in [0.15, 0.2) is 47.4 Å². The van der Waals surface area contributed by atoms with Crippen LogP contribution >= 0.6 is 0 Å². The van der Waals surface area contributed by atoms with Crippen LogP contribution in [-0.2, 0) is 6.54 Å². The third-order valence-electron chi connectivity index (χ3n) is 4.07. The lowest BCUT2D eigenvalue weighted by Gasteiger charge is -2.11. The molecular weight excluding hydrogens is 332 g/mol. The van der Waals surface area contributed by atoms with E-state index in [1.54, 1.807) is 28.8 Å². The van der Waals surface area contributed by atoms with E-state index in [0.29, 0.717) is 28.8 Å². The summed E-state index contributed by atoms with van der Waals surface area (Å²) in [4.78, 5) is 40.8. The molecule has 0 aliphatic rings. The van der Waals surface area contributed by atoms with Gasteiger partial charge in [-0.15, -0.1) is 0 Å². The highest BCUT2D eigenvalue weighted by atomic mass is 16.2. The van der Waals surface area contributed by atoms with Crippen molar-refractivity contribution in [3.8, 4) is 0 Å². The van der Waals surface area contributed by atoms with Crippen LogP contribution in [0.5, 0.6) is 0 Å². The molecule has 132 valence electrons. The minimum Gasteiger partial charge on any atom is -0.366 e. The number of amides is 2. The molecule has 3 rings (SSSR count). The van der Waals surface area contributed by atoms with Crippen molar-refractivity contribution < 1.29 is 9.59 Å². The van der Waals surface area contributed by atoms with Gasteiger partial charge in [0.2, 0.25) is 11.3 Å². The minimum atomic E-state index is -0.550. The first-order chi connectivity index (χ1) is 12.4. The van der Waals surface area contributed by atoms with E-state index in [-0.39, 0.29) is 11.0 Å². The Labute approximate surface area is 149 Å². The first-order valence-corrected chi connectivity index (χ1v) is 8.12. The van der Waals surface area contributed by atoms with E-state index in [1.807, 2.05) is 13.8 Å². The van der Waals surface area contributed by atoms with E-state index in [4.69, 9.17) is 5.73 Å². The third kappa shape index (κ3) is 3.19. The normalized spacial score (nSPS) is 10.7. The fraction of sp³-hybridized carbons (Fsp3) is 0.158. The molecule has 0 saturated carbocycles. The number of aryl methyl sites for hydroxylation is 2. The Morgan fingerprint density at radius 3 is 2.46 bits per heavy atom. The monoisotopic (exact) mass is 350 g/mol. The number of fused-ring (bicyclic) bond motifs is 1. The van der Waals surface area contributed by atoms with Crippen molar-refractivity contribution in [2.75, 3.05) is 5.32 Å². The maximum Gasteiger partial charge on any atom is 0.261 e. The summed E-state index contributed by atoms with van der Waals surface area (Å²) < 4.78 is 1.77. The van der Waals surface area contributed by atoms with E-state index < -0.39 is 11.8 Å². The Balaban J connectivity index is 2.00. The van der Waals surface area contributed by atoms with Crippen molar-refractivity contribution in [3.05, 3.63) is 69.6 Å². The molecule has 7 nitrogen and oxygen atoms in total. The van der Waals surface area contributed by atoms with Gasteiger partial charge in [-0.1, -0.05) is 0 Å². The van der Waals surface area contributed by atoms with Gasteiger partial charge in [-0.25, -0.2) is 4.98 Å². The molecule has 0 atom stereocenters. The number of carbonyl (C=O) groups excluding carboxylic acids is 2. The van der Waals surface area contributed by atoms with Crippen molar-refractivity contribution in [2.24, 2.45) is 5.73 Å². The fourth-order valence-corrected chi connectivity index (χ4v) is 2.68. The Morgan fingerprint density at radius 2 is 1.85 bits per heavy atom. The molecule has 2 aromatic heterocycles. The van der Waals surface area contributed by atoms with E-state index in [2.05, 4.69) is 10.3 Å². The summed E-state index contributed by atoms with van der Waals surface area (Å²) in [6, 6.07) is 9.56. The highest BCUT2D eigenvalue weighted by molar-refractivity contribution is 6.05. The number of nitrogens with one attached hydrogen (secondary N) is 1. The summed E-state index contributed by atoms with van der Waals surface area (Å²) in [6.07, 6.45) is 1.52. The van der Waals surface area contributed by atoms with Crippen LogP contribution in [0.4, 0.5) is 5.69 Å². The maximum absolute atomic E-state index is 12.7. The lowest BCUT2D eigenvalue weighted by molar-refractivity contribution is 0.0998. The number of anilines is 1. The molecular formula is C19H18N4O3. The molecule has 2 amide bonds. The number of primary amides is 1. The molecule has 0 aliphatic heterocycles. The van der Waals surface area contributed by atoms with Crippen LogP contribution in [0.3, 0.4) is 0 Å². The first kappa shape index (κ1) is 17.3. The number of benzene rings is 1. The molecule has 0 unspecified atom stereocenters. The zero-order valence-corrected chi connectivity index (χ0v) is 14.4. The number of pyridine rings is 2. The molecule has 7 heteroatoms. The van der Waals surface area contributed by atoms with Gasteiger partial charge in [-0.05, 0) is 50.2 Å². The van der Waals surface area contributed by atoms with E-state index >= 15 is 0 Å². The van der Waals surface area contributed by atoms with E-state index in [9.17, 15) is 14.4 Å². The SMILES string of the molecule is CCn1cc(C(=O)Nc2ccc(C(N)=O)cc2)c(=O)c2ccc(C)nc21. The summed E-state index contributed by atoms with van der Waals surface area (Å²) in [5.74, 6) is -1.07. The van der Waals surface area contributed by atoms with Crippen LogP contribution in [-0.4, -0.2) is 21.4 Å². The van der Waals surface area contributed by atoms with Crippen LogP contribution < -0.4 is 16.5 Å². The Hall–Kier alpha value is -3.48. The smallest absolute Gasteiger partial charge is 0.261 e. The number of carbonyl (C=O) groups is 2. The van der Waals surface area contributed by atoms with E-state index in [1.165, 1.54) is 18.3 Å². The summed E-state index contributed by atoms with van der Waals surface area (Å²) in [5.41, 5.74) is 7.01. The summed E-state index contributed by atoms with van der Waals surface area (Å²) in [7, 11) is 0. The molecule has 3 aromatic rings. The average Bonchev–Trinajstić information content (AvgIpc) is 2.62. The number of hydrogen-bond donors (Lipinski definition) is 2. The van der Waals surface area contributed by atoms with Gasteiger partial charge in [-0.3, -0.25) is 14.4 Å². The number of hydrogen-bond acceptors (Lipinski definition) is 4. The summed E-state index contributed by atoms with van der Waals surface area (Å²) in [6.45, 7) is 4.33. The van der Waals surface area contributed by atoms with Crippen LogP contribution in [0.1, 0.15) is 33.3 Å². The lowest BCUT2D eigenvalue weighted by Crippen LogP contribution is -2.24. The van der Waals surface area contributed by atoms with Crippen molar-refractivity contribution in [3.63, 3.8) is 0 Å². The van der Waals surface area contributed by atoms with Gasteiger partial charge in [0, 0.05) is 29.7 Å². The Morgan fingerprint density at radius 1 is 1.15 bits per heavy atom. The first-order valence-electron chi connectivity index (χ1n) is 8.12. The quantitative estimate of drug-likeness (QED) is 0.751. The molecule has 0 saturated heterocycles. The molecule has 3 N–H and O–H groups in total. The highest BCUT2D eigenvalue weighted by Gasteiger charge is 2.16. The van der Waals surface area contributed by atoms with Crippen molar-refractivity contribution in [1.82, 2.24) is 9.55 Å². The van der Waals surface area contributed by atoms with Crippen LogP contribution in [0.25, 0.3) is 11.0 Å². The summed E-state index contributed by atoms with van der Waals surface area (Å²) >= 11 is 0. The topological polar surface area (TPSA) is 107 Å². The van der Waals surface area contributed by atoms with Gasteiger partial charge < -0.3 is 15.6 Å². The van der Waals surface area contributed by atoms with Crippen molar-refractivity contribution in [2.45, 2.75) is 20.4 Å². The minimum absolute atomic E-state index is 0.0315. The Kier molecular flexibility index (Phi) is 4.53. The molecule has 0 bridgehead atoms. The standard InChI is InChI=1S/C19H18N4O3/c1-3-23-10-15(16(24)14-9-4-11(2)21-18(14)23)19(26)22-13-7-5-12(6-8-13)17(20)25/h4-10H,3H2,1-2H3,(H2,20,25)(H,22,26). The zero-order valence-electron chi connectivity index (χ0n) is 14.4. The van der Waals surface area contributed by atoms with Crippen molar-refractivity contribution >= 4 is 28.5 Å². The molecule has 26 heavy (non-hydrogen) atoms. The predicted octanol–water partition coefficient (Wildman–Crippen LogP) is 2.08. The van der Waals surface area contributed by atoms with Crippen molar-refractivity contribution in [1.29, 1.82) is 0 Å². The number of nitrogens with two attached hydrogens (primary N) is 1. The molecule has 0 spiro atoms. The molecule has 0 radical (unpaired) electrons. The second-order valence-electron chi connectivity index (χ2n) is 5.88. The zero-order chi connectivity index (χ0) is 18.8. The highest BCUT2D eigenvalue weighted by Crippen LogP contribution is 2.14. The second-order valence-corrected chi connectivity index (χ2v) is 5.88. The third-order valence-corrected chi connectivity index (χ3v) is 4.07. The molecule has 1 aromatic carbocycles. The van der Waals surface area contributed by atoms with Gasteiger partial charge >= 0.3 is 0 Å². The number of nitrogens with zero attached hydrogens (tertiary/aromatic N) is 2. The van der Waals surface area contributed by atoms with Gasteiger partial charge in [0.15, 0.2) is 0 Å². The maximum atomic E-state index is 12.7. The molecule has 0 fully saturated rings. The van der Waals surface area contributed by atoms with E-state index in [0.717, 1.165) is 5.69 Å². The fourth-order valence-electron chi connectivity index (χ4n) is 2.68. The van der Waals surface area contributed by atoms with Gasteiger partial charge in [0.1, 0.15) is 11.2 Å². The average molecular weight is 350 g/mol. The predicted molar refractivity (Wildman–Crippen MR) is 99.3 cm³/mol. The van der Waals surface area contributed by atoms with Gasteiger partial charge in [-0.2, -0.15) is 0 Å². The number of aromatic nitrogens is 2. The molecule has 2 heterocycles. The van der Waals surface area contributed by atoms with Crippen LogP contribution in [0, 0.1) is 6.92 Å². The Bertz CT molecular complexity index is 1070. The van der Waals surface area contributed by atoms with Gasteiger partial charge in [0.25, 0.3) is 5.91 Å². The summed E-state index contributed by atoms with van der Waals surface area (Å²) in [5, 5.41) is 3.07. The molecule has 0 aliphatic carbocycles.